The standard InChI is InChI=1S/C18H19FN8/c19-12-5-10(6-14-16(12)24-9-23-14)8-22-17-21-4-3-18(20,25-17)15-7-13(26-27-15)11-1-2-11/h3-7,9,11H,1-2,8,20H2,(H,23,24)(H,26,27)(H2,21,22,25). The molecule has 1 saturated carbocycles. The molecule has 9 heteroatoms. The molecule has 3 aromatic rings. The SMILES string of the molecule is NC1(c2cc(C3CC3)[nH]n2)C=CNC(=NCc2cc(F)c3nc[nH]c3c2)N1. The molecular weight excluding hydrogens is 347 g/mol. The van der Waals surface area contributed by atoms with Crippen LogP contribution in [0.25, 0.3) is 11.0 Å². The molecule has 2 aliphatic rings. The Morgan fingerprint density at radius 2 is 2.19 bits per heavy atom. The number of fused-ring (bicyclic) bond motifs is 1. The van der Waals surface area contributed by atoms with Crippen molar-refractivity contribution < 1.29 is 4.39 Å². The highest BCUT2D eigenvalue weighted by Crippen LogP contribution is 2.39. The lowest BCUT2D eigenvalue weighted by atomic mass is 10.1. The Balaban J connectivity index is 1.36. The molecule has 6 N–H and O–H groups in total. The first-order valence-electron chi connectivity index (χ1n) is 8.84. The van der Waals surface area contributed by atoms with Crippen molar-refractivity contribution in [2.45, 2.75) is 31.0 Å². The van der Waals surface area contributed by atoms with Crippen LogP contribution in [0.4, 0.5) is 4.39 Å². The Kier molecular flexibility index (Phi) is 3.51. The summed E-state index contributed by atoms with van der Waals surface area (Å²) in [6.07, 6.45) is 7.39. The van der Waals surface area contributed by atoms with Gasteiger partial charge in [-0.3, -0.25) is 5.10 Å². The van der Waals surface area contributed by atoms with Gasteiger partial charge in [-0.05, 0) is 42.7 Å². The van der Waals surface area contributed by atoms with Gasteiger partial charge in [0, 0.05) is 17.8 Å². The van der Waals surface area contributed by atoms with Crippen LogP contribution in [0.15, 0.2) is 41.8 Å². The number of nitrogens with two attached hydrogens (primary N) is 1. The summed E-state index contributed by atoms with van der Waals surface area (Å²) in [5, 5.41) is 13.6. The van der Waals surface area contributed by atoms with E-state index in [9.17, 15) is 4.39 Å². The van der Waals surface area contributed by atoms with Crippen LogP contribution < -0.4 is 16.4 Å². The summed E-state index contributed by atoms with van der Waals surface area (Å²) in [4.78, 5) is 11.4. The van der Waals surface area contributed by atoms with Gasteiger partial charge in [-0.15, -0.1) is 0 Å². The van der Waals surface area contributed by atoms with Crippen LogP contribution in [0.2, 0.25) is 0 Å². The van der Waals surface area contributed by atoms with Gasteiger partial charge in [0.2, 0.25) is 0 Å². The van der Waals surface area contributed by atoms with Gasteiger partial charge in [0.05, 0.1) is 18.4 Å². The van der Waals surface area contributed by atoms with Crippen LogP contribution in [0.1, 0.15) is 35.7 Å². The topological polar surface area (TPSA) is 120 Å². The number of aromatic nitrogens is 4. The smallest absolute Gasteiger partial charge is 0.197 e. The minimum Gasteiger partial charge on any atom is -0.344 e. The monoisotopic (exact) mass is 366 g/mol. The van der Waals surface area contributed by atoms with E-state index in [-0.39, 0.29) is 5.82 Å². The first kappa shape index (κ1) is 16.0. The number of aromatic amines is 2. The Labute approximate surface area is 154 Å². The number of hydrogen-bond acceptors (Lipinski definition) is 4. The fourth-order valence-electron chi connectivity index (χ4n) is 3.24. The lowest BCUT2D eigenvalue weighted by Crippen LogP contribution is -2.57. The van der Waals surface area contributed by atoms with Gasteiger partial charge in [-0.25, -0.2) is 14.4 Å². The number of hydrogen-bond donors (Lipinski definition) is 5. The van der Waals surface area contributed by atoms with Crippen LogP contribution in [-0.2, 0) is 12.2 Å². The zero-order valence-corrected chi connectivity index (χ0v) is 14.5. The normalized spacial score (nSPS) is 23.6. The van der Waals surface area contributed by atoms with Crippen LogP contribution in [0.3, 0.4) is 0 Å². The summed E-state index contributed by atoms with van der Waals surface area (Å²) in [5.74, 6) is 0.702. The van der Waals surface area contributed by atoms with Crippen LogP contribution in [-0.4, -0.2) is 26.1 Å². The maximum absolute atomic E-state index is 14.1. The highest BCUT2D eigenvalue weighted by Gasteiger charge is 2.33. The summed E-state index contributed by atoms with van der Waals surface area (Å²) in [6, 6.07) is 5.27. The number of rotatable bonds is 4. The van der Waals surface area contributed by atoms with Gasteiger partial charge in [0.25, 0.3) is 0 Å². The molecule has 1 aromatic carbocycles. The zero-order chi connectivity index (χ0) is 18.4. The predicted molar refractivity (Wildman–Crippen MR) is 99.0 cm³/mol. The summed E-state index contributed by atoms with van der Waals surface area (Å²) in [6.45, 7) is 0.291. The second kappa shape index (κ2) is 5.92. The van der Waals surface area contributed by atoms with Crippen molar-refractivity contribution in [3.63, 3.8) is 0 Å². The van der Waals surface area contributed by atoms with E-state index in [0.29, 0.717) is 35.1 Å². The number of H-pyrrole nitrogens is 2. The highest BCUT2D eigenvalue weighted by atomic mass is 19.1. The van der Waals surface area contributed by atoms with E-state index in [2.05, 4.69) is 35.8 Å². The molecule has 0 bridgehead atoms. The fourth-order valence-corrected chi connectivity index (χ4v) is 3.24. The molecule has 0 amide bonds. The molecule has 0 radical (unpaired) electrons. The molecular formula is C18H19FN8. The highest BCUT2D eigenvalue weighted by molar-refractivity contribution is 5.83. The third-order valence-corrected chi connectivity index (χ3v) is 4.89. The number of benzene rings is 1. The Hall–Kier alpha value is -3.20. The number of nitrogens with one attached hydrogen (secondary N) is 4. The third kappa shape index (κ3) is 2.95. The minimum atomic E-state index is -0.952. The van der Waals surface area contributed by atoms with E-state index < -0.39 is 5.66 Å². The number of aliphatic imine (C=N–C) groups is 1. The third-order valence-electron chi connectivity index (χ3n) is 4.89. The molecule has 5 rings (SSSR count). The van der Waals surface area contributed by atoms with Gasteiger partial charge in [0.15, 0.2) is 17.4 Å². The first-order valence-corrected chi connectivity index (χ1v) is 8.84. The molecule has 138 valence electrons. The molecule has 1 aliphatic heterocycles. The quantitative estimate of drug-likeness (QED) is 0.481. The average molecular weight is 366 g/mol. The second-order valence-electron chi connectivity index (χ2n) is 7.00. The van der Waals surface area contributed by atoms with E-state index in [0.717, 1.165) is 11.3 Å². The van der Waals surface area contributed by atoms with Gasteiger partial charge in [-0.1, -0.05) is 0 Å². The molecule has 1 fully saturated rings. The Morgan fingerprint density at radius 1 is 1.30 bits per heavy atom. The maximum atomic E-state index is 14.1. The second-order valence-corrected chi connectivity index (χ2v) is 7.00. The Bertz CT molecular complexity index is 1060. The average Bonchev–Trinajstić information content (AvgIpc) is 3.18. The predicted octanol–water partition coefficient (Wildman–Crippen LogP) is 1.68. The fraction of sp³-hybridized carbons (Fsp3) is 0.278. The van der Waals surface area contributed by atoms with Crippen molar-refractivity contribution in [2.75, 3.05) is 0 Å². The molecule has 27 heavy (non-hydrogen) atoms. The van der Waals surface area contributed by atoms with Crippen molar-refractivity contribution in [3.8, 4) is 0 Å². The summed E-state index contributed by atoms with van der Waals surface area (Å²) in [7, 11) is 0. The molecule has 8 nitrogen and oxygen atoms in total. The van der Waals surface area contributed by atoms with Crippen molar-refractivity contribution in [2.24, 2.45) is 10.7 Å². The summed E-state index contributed by atoms with van der Waals surface area (Å²) in [5.41, 5.74) is 9.06. The van der Waals surface area contributed by atoms with Crippen molar-refractivity contribution in [3.05, 3.63) is 59.6 Å². The molecule has 0 spiro atoms. The molecule has 2 aromatic heterocycles. The largest absolute Gasteiger partial charge is 0.344 e. The van der Waals surface area contributed by atoms with Gasteiger partial charge in [-0.2, -0.15) is 5.10 Å². The molecule has 1 unspecified atom stereocenters. The minimum absolute atomic E-state index is 0.291. The van der Waals surface area contributed by atoms with E-state index in [1.165, 1.54) is 25.2 Å². The Morgan fingerprint density at radius 3 is 3.04 bits per heavy atom. The molecule has 1 aliphatic carbocycles. The lowest BCUT2D eigenvalue weighted by Gasteiger charge is -2.30. The zero-order valence-electron chi connectivity index (χ0n) is 14.5. The van der Waals surface area contributed by atoms with Crippen LogP contribution in [0, 0.1) is 5.82 Å². The van der Waals surface area contributed by atoms with E-state index >= 15 is 0 Å². The van der Waals surface area contributed by atoms with E-state index in [1.807, 2.05) is 12.1 Å². The van der Waals surface area contributed by atoms with Crippen molar-refractivity contribution in [1.29, 1.82) is 0 Å². The summed E-state index contributed by atoms with van der Waals surface area (Å²) < 4.78 is 14.1. The van der Waals surface area contributed by atoms with Crippen LogP contribution in [0.5, 0.6) is 0 Å². The number of halogens is 1. The molecule has 1 atom stereocenters. The number of imidazole rings is 1. The van der Waals surface area contributed by atoms with Crippen molar-refractivity contribution in [1.82, 2.24) is 30.8 Å². The van der Waals surface area contributed by atoms with Gasteiger partial charge in [0.1, 0.15) is 11.2 Å². The number of guanidine groups is 1. The molecule has 3 heterocycles. The summed E-state index contributed by atoms with van der Waals surface area (Å²) >= 11 is 0. The maximum Gasteiger partial charge on any atom is 0.197 e. The molecule has 0 saturated heterocycles. The van der Waals surface area contributed by atoms with Crippen molar-refractivity contribution >= 4 is 17.0 Å². The van der Waals surface area contributed by atoms with E-state index in [1.54, 1.807) is 12.3 Å². The van der Waals surface area contributed by atoms with E-state index in [4.69, 9.17) is 5.73 Å². The van der Waals surface area contributed by atoms with Gasteiger partial charge >= 0.3 is 0 Å². The number of nitrogens with zero attached hydrogens (tertiary/aromatic N) is 3. The van der Waals surface area contributed by atoms with Crippen LogP contribution >= 0.6 is 0 Å². The first-order chi connectivity index (χ1) is 13.1. The van der Waals surface area contributed by atoms with Gasteiger partial charge < -0.3 is 21.4 Å². The lowest BCUT2D eigenvalue weighted by molar-refractivity contribution is 0.483.